The number of fused-ring (bicyclic) bond motifs is 2. The lowest BCUT2D eigenvalue weighted by Crippen LogP contribution is -2.13. The Bertz CT molecular complexity index is 1220. The number of halogens is 1. The molecule has 0 aliphatic heterocycles. The van der Waals surface area contributed by atoms with Crippen molar-refractivity contribution in [1.82, 2.24) is 14.8 Å². The van der Waals surface area contributed by atoms with Crippen molar-refractivity contribution in [3.05, 3.63) is 53.2 Å². The Morgan fingerprint density at radius 1 is 1.24 bits per heavy atom. The zero-order chi connectivity index (χ0) is 17.8. The maximum Gasteiger partial charge on any atom is 0.265 e. The van der Waals surface area contributed by atoms with Gasteiger partial charge in [0.1, 0.15) is 4.90 Å². The molecule has 4 aromatic rings. The summed E-state index contributed by atoms with van der Waals surface area (Å²) < 4.78 is 30.1. The van der Waals surface area contributed by atoms with Crippen LogP contribution in [0.25, 0.3) is 21.8 Å². The van der Waals surface area contributed by atoms with Gasteiger partial charge in [0.15, 0.2) is 5.82 Å². The fourth-order valence-electron chi connectivity index (χ4n) is 3.03. The van der Waals surface area contributed by atoms with Crippen LogP contribution in [0.5, 0.6) is 0 Å². The van der Waals surface area contributed by atoms with Gasteiger partial charge in [-0.05, 0) is 36.8 Å². The van der Waals surface area contributed by atoms with E-state index in [0.29, 0.717) is 21.7 Å². The lowest BCUT2D eigenvalue weighted by atomic mass is 10.1. The van der Waals surface area contributed by atoms with Crippen LogP contribution >= 0.6 is 11.6 Å². The number of benzene rings is 2. The number of aromatic nitrogens is 3. The van der Waals surface area contributed by atoms with Crippen molar-refractivity contribution in [2.75, 3.05) is 4.72 Å². The molecule has 0 saturated heterocycles. The lowest BCUT2D eigenvalue weighted by molar-refractivity contribution is 0.601. The van der Waals surface area contributed by atoms with Gasteiger partial charge in [0.05, 0.1) is 5.52 Å². The molecule has 2 heterocycles. The molecular weight excluding hydrogens is 360 g/mol. The van der Waals surface area contributed by atoms with Crippen LogP contribution in [0.2, 0.25) is 5.02 Å². The Kier molecular flexibility index (Phi) is 3.52. The number of sulfonamides is 1. The van der Waals surface area contributed by atoms with Gasteiger partial charge in [-0.2, -0.15) is 5.10 Å². The molecule has 6 nitrogen and oxygen atoms in total. The Hall–Kier alpha value is -2.51. The number of H-pyrrole nitrogens is 1. The molecule has 25 heavy (non-hydrogen) atoms. The number of hydrogen-bond donors (Lipinski definition) is 2. The van der Waals surface area contributed by atoms with Gasteiger partial charge in [-0.15, -0.1) is 0 Å². The first-order valence-corrected chi connectivity index (χ1v) is 9.45. The minimum absolute atomic E-state index is 0.159. The predicted molar refractivity (Wildman–Crippen MR) is 99.6 cm³/mol. The van der Waals surface area contributed by atoms with E-state index in [-0.39, 0.29) is 4.90 Å². The highest BCUT2D eigenvalue weighted by molar-refractivity contribution is 7.93. The van der Waals surface area contributed by atoms with Gasteiger partial charge >= 0.3 is 0 Å². The van der Waals surface area contributed by atoms with Crippen LogP contribution in [0.15, 0.2) is 47.5 Å². The van der Waals surface area contributed by atoms with Gasteiger partial charge in [0, 0.05) is 34.6 Å². The molecule has 0 unspecified atom stereocenters. The highest BCUT2D eigenvalue weighted by Gasteiger charge is 2.22. The summed E-state index contributed by atoms with van der Waals surface area (Å²) in [7, 11) is -2.02. The molecule has 0 saturated carbocycles. The fraction of sp³-hybridized carbons (Fsp3) is 0.118. The van der Waals surface area contributed by atoms with E-state index in [9.17, 15) is 8.42 Å². The number of nitrogens with zero attached hydrogens (tertiary/aromatic N) is 2. The average molecular weight is 375 g/mol. The van der Waals surface area contributed by atoms with E-state index in [2.05, 4.69) is 14.8 Å². The van der Waals surface area contributed by atoms with Crippen LogP contribution in [0.3, 0.4) is 0 Å². The van der Waals surface area contributed by atoms with Crippen LogP contribution in [0.1, 0.15) is 5.56 Å². The molecule has 0 fully saturated rings. The minimum atomic E-state index is -3.80. The molecule has 0 spiro atoms. The van der Waals surface area contributed by atoms with Crippen LogP contribution < -0.4 is 4.72 Å². The number of hydrogen-bond acceptors (Lipinski definition) is 3. The van der Waals surface area contributed by atoms with Crippen molar-refractivity contribution in [2.24, 2.45) is 7.05 Å². The highest BCUT2D eigenvalue weighted by Crippen LogP contribution is 2.30. The second-order valence-electron chi connectivity index (χ2n) is 5.89. The van der Waals surface area contributed by atoms with Crippen LogP contribution in [0, 0.1) is 6.92 Å². The lowest BCUT2D eigenvalue weighted by Gasteiger charge is -2.06. The summed E-state index contributed by atoms with van der Waals surface area (Å²) in [6.45, 7) is 1.93. The SMILES string of the molecule is Cc1cccc2c1c(NS(=O)(=O)c1c[nH]c3cc(Cl)ccc13)nn2C. The summed E-state index contributed by atoms with van der Waals surface area (Å²) in [4.78, 5) is 3.10. The number of nitrogens with one attached hydrogen (secondary N) is 2. The highest BCUT2D eigenvalue weighted by atomic mass is 35.5. The molecule has 8 heteroatoms. The summed E-state index contributed by atoms with van der Waals surface area (Å²) in [5, 5.41) is 6.24. The Labute approximate surface area is 149 Å². The van der Waals surface area contributed by atoms with Crippen LogP contribution in [-0.4, -0.2) is 23.2 Å². The van der Waals surface area contributed by atoms with E-state index in [1.807, 2.05) is 25.1 Å². The minimum Gasteiger partial charge on any atom is -0.360 e. The van der Waals surface area contributed by atoms with Gasteiger partial charge in [-0.1, -0.05) is 23.7 Å². The second kappa shape index (κ2) is 5.50. The van der Waals surface area contributed by atoms with Gasteiger partial charge in [0.25, 0.3) is 10.0 Å². The maximum atomic E-state index is 12.9. The van der Waals surface area contributed by atoms with E-state index in [0.717, 1.165) is 16.5 Å². The van der Waals surface area contributed by atoms with Gasteiger partial charge < -0.3 is 4.98 Å². The van der Waals surface area contributed by atoms with E-state index < -0.39 is 10.0 Å². The molecule has 4 rings (SSSR count). The summed E-state index contributed by atoms with van der Waals surface area (Å²) in [6.07, 6.45) is 1.46. The number of anilines is 1. The van der Waals surface area contributed by atoms with Crippen molar-refractivity contribution in [2.45, 2.75) is 11.8 Å². The van der Waals surface area contributed by atoms with E-state index in [1.54, 1.807) is 29.9 Å². The summed E-state index contributed by atoms with van der Waals surface area (Å²) >= 11 is 5.96. The molecular formula is C17H15ClN4O2S. The molecule has 0 atom stereocenters. The topological polar surface area (TPSA) is 79.8 Å². The van der Waals surface area contributed by atoms with E-state index in [1.165, 1.54) is 6.20 Å². The first kappa shape index (κ1) is 16.0. The summed E-state index contributed by atoms with van der Waals surface area (Å²) in [5.41, 5.74) is 2.48. The van der Waals surface area contributed by atoms with Crippen LogP contribution in [0.4, 0.5) is 5.82 Å². The quantitative estimate of drug-likeness (QED) is 0.572. The third-order valence-corrected chi connectivity index (χ3v) is 5.83. The van der Waals surface area contributed by atoms with Crippen LogP contribution in [-0.2, 0) is 17.1 Å². The molecule has 0 bridgehead atoms. The molecule has 2 aromatic carbocycles. The zero-order valence-electron chi connectivity index (χ0n) is 13.5. The smallest absolute Gasteiger partial charge is 0.265 e. The van der Waals surface area contributed by atoms with Gasteiger partial charge in [-0.3, -0.25) is 9.40 Å². The van der Waals surface area contributed by atoms with E-state index >= 15 is 0 Å². The first-order chi connectivity index (χ1) is 11.9. The van der Waals surface area contributed by atoms with Gasteiger partial charge in [-0.25, -0.2) is 8.42 Å². The largest absolute Gasteiger partial charge is 0.360 e. The first-order valence-electron chi connectivity index (χ1n) is 7.58. The van der Waals surface area contributed by atoms with E-state index in [4.69, 9.17) is 11.6 Å². The molecule has 0 amide bonds. The monoisotopic (exact) mass is 374 g/mol. The van der Waals surface area contributed by atoms with Crippen molar-refractivity contribution in [1.29, 1.82) is 0 Å². The molecule has 2 N–H and O–H groups in total. The predicted octanol–water partition coefficient (Wildman–Crippen LogP) is 3.82. The maximum absolute atomic E-state index is 12.9. The van der Waals surface area contributed by atoms with Crippen molar-refractivity contribution >= 4 is 49.2 Å². The van der Waals surface area contributed by atoms with Gasteiger partial charge in [0.2, 0.25) is 0 Å². The molecule has 2 aromatic heterocycles. The van der Waals surface area contributed by atoms with Crippen molar-refractivity contribution in [3.8, 4) is 0 Å². The number of rotatable bonds is 3. The molecule has 0 aliphatic rings. The molecule has 0 radical (unpaired) electrons. The number of aryl methyl sites for hydroxylation is 2. The third kappa shape index (κ3) is 2.56. The zero-order valence-corrected chi connectivity index (χ0v) is 15.1. The summed E-state index contributed by atoms with van der Waals surface area (Å²) in [6, 6.07) is 10.8. The normalized spacial score (nSPS) is 12.1. The van der Waals surface area contributed by atoms with Crippen molar-refractivity contribution < 1.29 is 8.42 Å². The molecule has 128 valence electrons. The molecule has 0 aliphatic carbocycles. The third-order valence-electron chi connectivity index (χ3n) is 4.21. The Morgan fingerprint density at radius 3 is 2.84 bits per heavy atom. The Morgan fingerprint density at radius 2 is 2.04 bits per heavy atom. The fourth-order valence-corrected chi connectivity index (χ4v) is 4.39. The second-order valence-corrected chi connectivity index (χ2v) is 7.98. The standard InChI is InChI=1S/C17H15ClN4O2S/c1-10-4-3-5-14-16(10)17(20-22(14)2)21-25(23,24)15-9-19-13-8-11(18)6-7-12(13)15/h3-9,19H,1-2H3,(H,20,21). The van der Waals surface area contributed by atoms with Crippen molar-refractivity contribution in [3.63, 3.8) is 0 Å². The Balaban J connectivity index is 1.85. The number of aromatic amines is 1. The summed E-state index contributed by atoms with van der Waals surface area (Å²) in [5.74, 6) is 0.318. The average Bonchev–Trinajstić information content (AvgIpc) is 3.09.